The Kier molecular flexibility index (Phi) is 7.52. The summed E-state index contributed by atoms with van der Waals surface area (Å²) in [5, 5.41) is 0. The second-order valence-corrected chi connectivity index (χ2v) is 9.46. The molecule has 3 rings (SSSR count). The Morgan fingerprint density at radius 2 is 1.78 bits per heavy atom. The number of benzene rings is 1. The van der Waals surface area contributed by atoms with Crippen molar-refractivity contribution in [3.63, 3.8) is 0 Å². The number of likely N-dealkylation sites (tertiary alicyclic amines) is 1. The minimum absolute atomic E-state index is 0.215. The average molecular weight is 370 g/mol. The molecule has 150 valence electrons. The van der Waals surface area contributed by atoms with Gasteiger partial charge in [0.15, 0.2) is 0 Å². The van der Waals surface area contributed by atoms with Crippen molar-refractivity contribution >= 4 is 5.78 Å². The number of nitrogens with zero attached hydrogens (tertiary/aromatic N) is 1. The van der Waals surface area contributed by atoms with E-state index in [-0.39, 0.29) is 5.92 Å². The SMILES string of the molecule is CC(=O)C(Cc1ccc(CC2CCN(C)CC2)c(C)c1)CC1CCCCC1. The van der Waals surface area contributed by atoms with Crippen LogP contribution in [0.25, 0.3) is 0 Å². The van der Waals surface area contributed by atoms with E-state index in [0.29, 0.717) is 5.78 Å². The summed E-state index contributed by atoms with van der Waals surface area (Å²) < 4.78 is 0. The number of carbonyl (C=O) groups is 1. The van der Waals surface area contributed by atoms with Crippen LogP contribution < -0.4 is 0 Å². The Labute approximate surface area is 166 Å². The summed E-state index contributed by atoms with van der Waals surface area (Å²) in [6, 6.07) is 7.01. The van der Waals surface area contributed by atoms with Crippen molar-refractivity contribution in [1.82, 2.24) is 4.90 Å². The number of piperidine rings is 1. The van der Waals surface area contributed by atoms with Gasteiger partial charge in [0.25, 0.3) is 0 Å². The van der Waals surface area contributed by atoms with Crippen molar-refractivity contribution in [2.24, 2.45) is 17.8 Å². The maximum atomic E-state index is 12.3. The van der Waals surface area contributed by atoms with E-state index in [4.69, 9.17) is 0 Å². The third-order valence-electron chi connectivity index (χ3n) is 7.15. The molecular weight excluding hydrogens is 330 g/mol. The van der Waals surface area contributed by atoms with Gasteiger partial charge in [-0.1, -0.05) is 50.3 Å². The summed E-state index contributed by atoms with van der Waals surface area (Å²) in [7, 11) is 2.23. The van der Waals surface area contributed by atoms with Crippen LogP contribution in [-0.4, -0.2) is 30.8 Å². The highest BCUT2D eigenvalue weighted by molar-refractivity contribution is 5.78. The molecule has 0 radical (unpaired) electrons. The van der Waals surface area contributed by atoms with Crippen LogP contribution in [0.2, 0.25) is 0 Å². The molecule has 2 nitrogen and oxygen atoms in total. The van der Waals surface area contributed by atoms with Crippen LogP contribution in [0.1, 0.15) is 75.0 Å². The average Bonchev–Trinajstić information content (AvgIpc) is 2.66. The largest absolute Gasteiger partial charge is 0.306 e. The van der Waals surface area contributed by atoms with Crippen molar-refractivity contribution in [2.75, 3.05) is 20.1 Å². The zero-order chi connectivity index (χ0) is 19.2. The molecule has 1 aromatic carbocycles. The fraction of sp³-hybridized carbons (Fsp3) is 0.720. The number of carbonyl (C=O) groups excluding carboxylic acids is 1. The normalized spacial score (nSPS) is 21.3. The lowest BCUT2D eigenvalue weighted by Gasteiger charge is -2.29. The van der Waals surface area contributed by atoms with Crippen LogP contribution in [0, 0.1) is 24.7 Å². The zero-order valence-electron chi connectivity index (χ0n) is 17.8. The lowest BCUT2D eigenvalue weighted by molar-refractivity contribution is -0.121. The minimum Gasteiger partial charge on any atom is -0.306 e. The van der Waals surface area contributed by atoms with E-state index in [1.165, 1.54) is 81.1 Å². The van der Waals surface area contributed by atoms with E-state index in [0.717, 1.165) is 24.7 Å². The van der Waals surface area contributed by atoms with Gasteiger partial charge in [0.1, 0.15) is 5.78 Å². The third kappa shape index (κ3) is 6.17. The maximum absolute atomic E-state index is 12.3. The summed E-state index contributed by atoms with van der Waals surface area (Å²) in [5.41, 5.74) is 4.29. The molecule has 0 bridgehead atoms. The van der Waals surface area contributed by atoms with Crippen LogP contribution in [-0.2, 0) is 17.6 Å². The Morgan fingerprint density at radius 1 is 1.07 bits per heavy atom. The van der Waals surface area contributed by atoms with Crippen LogP contribution in [0.5, 0.6) is 0 Å². The molecule has 1 saturated heterocycles. The predicted molar refractivity (Wildman–Crippen MR) is 114 cm³/mol. The molecule has 0 aromatic heterocycles. The van der Waals surface area contributed by atoms with Gasteiger partial charge >= 0.3 is 0 Å². The molecule has 2 fully saturated rings. The zero-order valence-corrected chi connectivity index (χ0v) is 17.8. The number of ketones is 1. The van der Waals surface area contributed by atoms with Crippen LogP contribution >= 0.6 is 0 Å². The molecule has 1 unspecified atom stereocenters. The molecule has 1 saturated carbocycles. The van der Waals surface area contributed by atoms with E-state index < -0.39 is 0 Å². The van der Waals surface area contributed by atoms with E-state index in [1.54, 1.807) is 6.92 Å². The smallest absolute Gasteiger partial charge is 0.133 e. The molecule has 1 atom stereocenters. The minimum atomic E-state index is 0.215. The number of Topliss-reactive ketones (excluding diaryl/α,β-unsaturated/α-hetero) is 1. The highest BCUT2D eigenvalue weighted by Crippen LogP contribution is 2.31. The molecule has 2 aliphatic rings. The first-order valence-corrected chi connectivity index (χ1v) is 11.3. The quantitative estimate of drug-likeness (QED) is 0.624. The topological polar surface area (TPSA) is 20.3 Å². The molecule has 27 heavy (non-hydrogen) atoms. The van der Waals surface area contributed by atoms with E-state index in [9.17, 15) is 4.79 Å². The van der Waals surface area contributed by atoms with Crippen molar-refractivity contribution in [1.29, 1.82) is 0 Å². The van der Waals surface area contributed by atoms with Crippen molar-refractivity contribution in [3.05, 3.63) is 34.9 Å². The van der Waals surface area contributed by atoms with Crippen LogP contribution in [0.3, 0.4) is 0 Å². The Morgan fingerprint density at radius 3 is 2.41 bits per heavy atom. The highest BCUT2D eigenvalue weighted by Gasteiger charge is 2.23. The van der Waals surface area contributed by atoms with E-state index in [2.05, 4.69) is 37.1 Å². The number of rotatable bonds is 7. The molecule has 2 heteroatoms. The van der Waals surface area contributed by atoms with E-state index in [1.807, 2.05) is 0 Å². The number of hydrogen-bond donors (Lipinski definition) is 0. The van der Waals surface area contributed by atoms with Gasteiger partial charge in [-0.15, -0.1) is 0 Å². The second-order valence-electron chi connectivity index (χ2n) is 9.46. The highest BCUT2D eigenvalue weighted by atomic mass is 16.1. The first kappa shape index (κ1) is 20.6. The van der Waals surface area contributed by atoms with Gasteiger partial charge in [-0.05, 0) is 94.6 Å². The fourth-order valence-electron chi connectivity index (χ4n) is 5.19. The molecule has 0 amide bonds. The molecule has 0 N–H and O–H groups in total. The fourth-order valence-corrected chi connectivity index (χ4v) is 5.19. The van der Waals surface area contributed by atoms with Gasteiger partial charge in [0, 0.05) is 5.92 Å². The molecule has 1 heterocycles. The van der Waals surface area contributed by atoms with Gasteiger partial charge < -0.3 is 4.90 Å². The standard InChI is InChI=1S/C25H39NO/c1-19-15-23(9-10-24(19)16-22-11-13-26(3)14-12-22)18-25(20(2)27)17-21-7-5-4-6-8-21/h9-10,15,21-22,25H,4-8,11-14,16-18H2,1-3H3. The van der Waals surface area contributed by atoms with Crippen molar-refractivity contribution < 1.29 is 4.79 Å². The molecule has 0 spiro atoms. The molecule has 1 aliphatic heterocycles. The number of hydrogen-bond acceptors (Lipinski definition) is 2. The van der Waals surface area contributed by atoms with Crippen molar-refractivity contribution in [3.8, 4) is 0 Å². The van der Waals surface area contributed by atoms with Crippen molar-refractivity contribution in [2.45, 2.75) is 78.1 Å². The number of aryl methyl sites for hydroxylation is 1. The summed E-state index contributed by atoms with van der Waals surface area (Å²) in [4.78, 5) is 14.7. The summed E-state index contributed by atoms with van der Waals surface area (Å²) in [5.74, 6) is 2.21. The summed E-state index contributed by atoms with van der Waals surface area (Å²) >= 11 is 0. The van der Waals surface area contributed by atoms with Gasteiger partial charge in [-0.25, -0.2) is 0 Å². The summed E-state index contributed by atoms with van der Waals surface area (Å²) in [6.07, 6.45) is 12.7. The first-order chi connectivity index (χ1) is 13.0. The monoisotopic (exact) mass is 369 g/mol. The lowest BCUT2D eigenvalue weighted by Crippen LogP contribution is -2.31. The van der Waals surface area contributed by atoms with Crippen LogP contribution in [0.4, 0.5) is 0 Å². The summed E-state index contributed by atoms with van der Waals surface area (Å²) in [6.45, 7) is 6.54. The van der Waals surface area contributed by atoms with E-state index >= 15 is 0 Å². The Balaban J connectivity index is 1.58. The van der Waals surface area contributed by atoms with Gasteiger partial charge in [-0.2, -0.15) is 0 Å². The second kappa shape index (κ2) is 9.87. The maximum Gasteiger partial charge on any atom is 0.133 e. The Bertz CT molecular complexity index is 609. The first-order valence-electron chi connectivity index (χ1n) is 11.3. The molecular formula is C25H39NO. The predicted octanol–water partition coefficient (Wildman–Crippen LogP) is 5.60. The lowest BCUT2D eigenvalue weighted by atomic mass is 9.79. The third-order valence-corrected chi connectivity index (χ3v) is 7.15. The molecule has 1 aromatic rings. The molecule has 1 aliphatic carbocycles. The van der Waals surface area contributed by atoms with Gasteiger partial charge in [-0.3, -0.25) is 4.79 Å². The van der Waals surface area contributed by atoms with Gasteiger partial charge in [0.2, 0.25) is 0 Å². The van der Waals surface area contributed by atoms with Gasteiger partial charge in [0.05, 0.1) is 0 Å². The Hall–Kier alpha value is -1.15. The van der Waals surface area contributed by atoms with Crippen LogP contribution in [0.15, 0.2) is 18.2 Å².